The first-order valence-electron chi connectivity index (χ1n) is 7.64. The first-order valence-corrected chi connectivity index (χ1v) is 7.64. The van der Waals surface area contributed by atoms with Crippen LogP contribution in [0.25, 0.3) is 0 Å². The van der Waals surface area contributed by atoms with Gasteiger partial charge in [-0.05, 0) is 31.0 Å². The fraction of sp³-hybridized carbons (Fsp3) is 0.588. The zero-order valence-corrected chi connectivity index (χ0v) is 13.5. The van der Waals surface area contributed by atoms with Crippen LogP contribution in [0.3, 0.4) is 0 Å². The van der Waals surface area contributed by atoms with Crippen molar-refractivity contribution in [2.24, 2.45) is 0 Å². The smallest absolute Gasteiger partial charge is 0.220 e. The summed E-state index contributed by atoms with van der Waals surface area (Å²) in [4.78, 5) is 13.5. The predicted molar refractivity (Wildman–Crippen MR) is 84.6 cm³/mol. The molecule has 1 N–H and O–H groups in total. The molecule has 1 heterocycles. The van der Waals surface area contributed by atoms with Crippen LogP contribution in [0.5, 0.6) is 5.75 Å². The molecule has 21 heavy (non-hydrogen) atoms. The highest BCUT2D eigenvalue weighted by atomic mass is 16.5. The summed E-state index contributed by atoms with van der Waals surface area (Å²) in [5, 5.41) is 3.01. The molecule has 116 valence electrons. The molecular formula is C17H26N2O2. The van der Waals surface area contributed by atoms with Crippen LogP contribution in [0, 0.1) is 0 Å². The number of carbonyl (C=O) groups excluding carboxylic acids is 1. The molecule has 1 atom stereocenters. The van der Waals surface area contributed by atoms with Crippen molar-refractivity contribution < 1.29 is 9.53 Å². The Labute approximate surface area is 127 Å². The van der Waals surface area contributed by atoms with E-state index < -0.39 is 0 Å². The summed E-state index contributed by atoms with van der Waals surface area (Å²) in [6, 6.07) is 6.74. The van der Waals surface area contributed by atoms with Gasteiger partial charge in [0.15, 0.2) is 0 Å². The van der Waals surface area contributed by atoms with Crippen LogP contribution in [-0.4, -0.2) is 37.6 Å². The molecule has 1 aliphatic heterocycles. The van der Waals surface area contributed by atoms with E-state index in [9.17, 15) is 4.79 Å². The average Bonchev–Trinajstić information content (AvgIpc) is 2.84. The molecular weight excluding hydrogens is 264 g/mol. The zero-order chi connectivity index (χ0) is 15.4. The van der Waals surface area contributed by atoms with Crippen molar-refractivity contribution in [3.63, 3.8) is 0 Å². The maximum atomic E-state index is 11.2. The molecule has 1 aliphatic rings. The highest BCUT2D eigenvalue weighted by molar-refractivity contribution is 5.78. The van der Waals surface area contributed by atoms with Gasteiger partial charge < -0.3 is 10.1 Å². The van der Waals surface area contributed by atoms with Crippen molar-refractivity contribution in [2.75, 3.05) is 20.7 Å². The number of likely N-dealkylation sites (N-methyl/N-ethyl adjacent to an activating group) is 1. The van der Waals surface area contributed by atoms with Crippen LogP contribution in [-0.2, 0) is 11.3 Å². The Morgan fingerprint density at radius 3 is 2.76 bits per heavy atom. The predicted octanol–water partition coefficient (Wildman–Crippen LogP) is 2.53. The molecule has 4 heteroatoms. The van der Waals surface area contributed by atoms with Gasteiger partial charge >= 0.3 is 0 Å². The van der Waals surface area contributed by atoms with Crippen LogP contribution in [0.15, 0.2) is 18.2 Å². The highest BCUT2D eigenvalue weighted by Gasteiger charge is 2.22. The minimum Gasteiger partial charge on any atom is -0.496 e. The van der Waals surface area contributed by atoms with E-state index in [2.05, 4.69) is 49.3 Å². The van der Waals surface area contributed by atoms with Gasteiger partial charge in [0, 0.05) is 31.1 Å². The Morgan fingerprint density at radius 1 is 1.43 bits per heavy atom. The zero-order valence-electron chi connectivity index (χ0n) is 13.5. The molecule has 0 saturated carbocycles. The lowest BCUT2D eigenvalue weighted by molar-refractivity contribution is -0.119. The lowest BCUT2D eigenvalue weighted by Gasteiger charge is -2.22. The third-order valence-corrected chi connectivity index (χ3v) is 4.04. The molecule has 1 fully saturated rings. The number of carbonyl (C=O) groups is 1. The molecule has 0 aliphatic carbocycles. The monoisotopic (exact) mass is 290 g/mol. The van der Waals surface area contributed by atoms with E-state index in [0.717, 1.165) is 25.3 Å². The van der Waals surface area contributed by atoms with E-state index in [4.69, 9.17) is 4.74 Å². The van der Waals surface area contributed by atoms with Crippen LogP contribution in [0.2, 0.25) is 0 Å². The molecule has 0 unspecified atom stereocenters. The molecule has 1 aromatic rings. The van der Waals surface area contributed by atoms with E-state index in [1.54, 1.807) is 7.11 Å². The average molecular weight is 290 g/mol. The van der Waals surface area contributed by atoms with Gasteiger partial charge in [-0.25, -0.2) is 0 Å². The molecule has 2 rings (SSSR count). The molecule has 0 radical (unpaired) electrons. The molecule has 1 amide bonds. The van der Waals surface area contributed by atoms with E-state index in [1.165, 1.54) is 11.1 Å². The fourth-order valence-electron chi connectivity index (χ4n) is 2.80. The van der Waals surface area contributed by atoms with Crippen LogP contribution >= 0.6 is 0 Å². The topological polar surface area (TPSA) is 41.6 Å². The first kappa shape index (κ1) is 15.8. The van der Waals surface area contributed by atoms with Gasteiger partial charge in [0.25, 0.3) is 0 Å². The maximum Gasteiger partial charge on any atom is 0.220 e. The number of nitrogens with one attached hydrogen (secondary N) is 1. The summed E-state index contributed by atoms with van der Waals surface area (Å²) in [5.41, 5.74) is 2.48. The first-order chi connectivity index (χ1) is 9.99. The molecule has 4 nitrogen and oxygen atoms in total. The minimum absolute atomic E-state index is 0.173. The van der Waals surface area contributed by atoms with E-state index in [1.807, 2.05) is 0 Å². The van der Waals surface area contributed by atoms with Crippen molar-refractivity contribution in [1.29, 1.82) is 0 Å². The van der Waals surface area contributed by atoms with Gasteiger partial charge in [0.2, 0.25) is 5.91 Å². The van der Waals surface area contributed by atoms with Crippen molar-refractivity contribution in [1.82, 2.24) is 10.2 Å². The number of hydrogen-bond donors (Lipinski definition) is 1. The van der Waals surface area contributed by atoms with Gasteiger partial charge in [-0.15, -0.1) is 0 Å². The summed E-state index contributed by atoms with van der Waals surface area (Å²) in [6.45, 7) is 6.07. The Balaban J connectivity index is 1.99. The maximum absolute atomic E-state index is 11.2. The second-order valence-electron chi connectivity index (χ2n) is 6.23. The molecule has 0 bridgehead atoms. The van der Waals surface area contributed by atoms with Crippen molar-refractivity contribution >= 4 is 5.91 Å². The number of amides is 1. The number of hydrogen-bond acceptors (Lipinski definition) is 3. The summed E-state index contributed by atoms with van der Waals surface area (Å²) >= 11 is 0. The van der Waals surface area contributed by atoms with E-state index in [0.29, 0.717) is 12.3 Å². The van der Waals surface area contributed by atoms with Crippen molar-refractivity contribution in [2.45, 2.75) is 45.2 Å². The second kappa shape index (κ2) is 6.94. The SMILES string of the molecule is COc1cc(C(C)C)ccc1CN(C)C[C@@H]1CCC(=O)N1. The number of nitrogens with zero attached hydrogens (tertiary/aromatic N) is 1. The van der Waals surface area contributed by atoms with Crippen LogP contribution < -0.4 is 10.1 Å². The fourth-order valence-corrected chi connectivity index (χ4v) is 2.80. The van der Waals surface area contributed by atoms with Crippen LogP contribution in [0.1, 0.15) is 43.7 Å². The Kier molecular flexibility index (Phi) is 5.23. The number of rotatable bonds is 6. The van der Waals surface area contributed by atoms with Gasteiger partial charge in [-0.2, -0.15) is 0 Å². The molecule has 0 spiro atoms. The third-order valence-electron chi connectivity index (χ3n) is 4.04. The molecule has 0 aromatic heterocycles. The number of benzene rings is 1. The number of ether oxygens (including phenoxy) is 1. The highest BCUT2D eigenvalue weighted by Crippen LogP contribution is 2.25. The quantitative estimate of drug-likeness (QED) is 0.875. The van der Waals surface area contributed by atoms with Gasteiger partial charge in [0.1, 0.15) is 5.75 Å². The largest absolute Gasteiger partial charge is 0.496 e. The van der Waals surface area contributed by atoms with Gasteiger partial charge in [-0.1, -0.05) is 26.0 Å². The summed E-state index contributed by atoms with van der Waals surface area (Å²) in [5.74, 6) is 1.62. The Morgan fingerprint density at radius 2 is 2.19 bits per heavy atom. The third kappa shape index (κ3) is 4.21. The van der Waals surface area contributed by atoms with Crippen molar-refractivity contribution in [3.05, 3.63) is 29.3 Å². The standard InChI is InChI=1S/C17H26N2O2/c1-12(2)13-5-6-14(16(9-13)21-4)10-19(3)11-15-7-8-17(20)18-15/h5-6,9,12,15H,7-8,10-11H2,1-4H3,(H,18,20)/t15-/m0/s1. The number of methoxy groups -OCH3 is 1. The van der Waals surface area contributed by atoms with Gasteiger partial charge in [0.05, 0.1) is 7.11 Å². The molecule has 1 saturated heterocycles. The van der Waals surface area contributed by atoms with E-state index >= 15 is 0 Å². The van der Waals surface area contributed by atoms with E-state index in [-0.39, 0.29) is 11.9 Å². The Bertz CT molecular complexity index is 500. The lowest BCUT2D eigenvalue weighted by atomic mass is 10.0. The van der Waals surface area contributed by atoms with Crippen LogP contribution in [0.4, 0.5) is 0 Å². The summed E-state index contributed by atoms with van der Waals surface area (Å²) in [6.07, 6.45) is 1.59. The summed E-state index contributed by atoms with van der Waals surface area (Å²) < 4.78 is 5.53. The summed E-state index contributed by atoms with van der Waals surface area (Å²) in [7, 11) is 3.81. The van der Waals surface area contributed by atoms with Crippen molar-refractivity contribution in [3.8, 4) is 5.75 Å². The van der Waals surface area contributed by atoms with Gasteiger partial charge in [-0.3, -0.25) is 9.69 Å². The minimum atomic E-state index is 0.173. The normalized spacial score (nSPS) is 18.4. The lowest BCUT2D eigenvalue weighted by Crippen LogP contribution is -2.36. The second-order valence-corrected chi connectivity index (χ2v) is 6.23. The molecule has 1 aromatic carbocycles. The Hall–Kier alpha value is -1.55.